The maximum absolute atomic E-state index is 12.0. The Morgan fingerprint density at radius 1 is 1.35 bits per heavy atom. The lowest BCUT2D eigenvalue weighted by Gasteiger charge is -2.06. The van der Waals surface area contributed by atoms with Crippen LogP contribution in [-0.4, -0.2) is 33.4 Å². The Hall–Kier alpha value is -3.35. The molecule has 0 aliphatic heterocycles. The number of fused-ring (bicyclic) bond motifs is 1. The van der Waals surface area contributed by atoms with Crippen molar-refractivity contribution in [3.8, 4) is 11.5 Å². The number of benzene rings is 2. The molecule has 0 unspecified atom stereocenters. The molecule has 0 aliphatic carbocycles. The van der Waals surface area contributed by atoms with E-state index in [1.165, 1.54) is 12.3 Å². The van der Waals surface area contributed by atoms with Crippen LogP contribution in [0.2, 0.25) is 0 Å². The number of aromatic hydroxyl groups is 1. The summed E-state index contributed by atoms with van der Waals surface area (Å²) in [6, 6.07) is 12.7. The van der Waals surface area contributed by atoms with Gasteiger partial charge in [-0.05, 0) is 42.8 Å². The average Bonchev–Trinajstić information content (AvgIpc) is 3.06. The number of imidazole rings is 1. The summed E-state index contributed by atoms with van der Waals surface area (Å²) in [7, 11) is 0. The van der Waals surface area contributed by atoms with E-state index in [1.54, 1.807) is 18.5 Å². The first-order chi connectivity index (χ1) is 12.7. The number of aryl methyl sites for hydroxylation is 1. The Labute approximate surface area is 150 Å². The number of para-hydroxylation sites is 2. The first-order valence-electron chi connectivity index (χ1n) is 8.35. The lowest BCUT2D eigenvalue weighted by atomic mass is 10.2. The van der Waals surface area contributed by atoms with E-state index in [0.717, 1.165) is 11.0 Å². The summed E-state index contributed by atoms with van der Waals surface area (Å²) >= 11 is 0. The molecule has 134 valence electrons. The minimum absolute atomic E-state index is 0.0700. The van der Waals surface area contributed by atoms with Crippen LogP contribution in [0.4, 0.5) is 0 Å². The third kappa shape index (κ3) is 4.18. The lowest BCUT2D eigenvalue weighted by Crippen LogP contribution is -2.19. The van der Waals surface area contributed by atoms with Gasteiger partial charge in [-0.25, -0.2) is 10.4 Å². The third-order valence-corrected chi connectivity index (χ3v) is 3.79. The molecule has 1 heterocycles. The van der Waals surface area contributed by atoms with Crippen LogP contribution in [-0.2, 0) is 11.3 Å². The number of nitrogens with zero attached hydrogens (tertiary/aromatic N) is 3. The van der Waals surface area contributed by atoms with Crippen LogP contribution in [0, 0.1) is 0 Å². The topological polar surface area (TPSA) is 88.7 Å². The molecule has 3 aromatic rings. The van der Waals surface area contributed by atoms with Crippen molar-refractivity contribution in [2.75, 3.05) is 6.61 Å². The number of nitrogens with one attached hydrogen (secondary N) is 1. The van der Waals surface area contributed by atoms with Gasteiger partial charge in [-0.2, -0.15) is 5.10 Å². The van der Waals surface area contributed by atoms with Crippen LogP contribution in [0.1, 0.15) is 18.9 Å². The van der Waals surface area contributed by atoms with Gasteiger partial charge in [0, 0.05) is 13.0 Å². The molecule has 0 aliphatic rings. The van der Waals surface area contributed by atoms with Crippen molar-refractivity contribution in [2.45, 2.75) is 19.9 Å². The molecule has 0 fully saturated rings. The number of ether oxygens (including phenoxy) is 1. The van der Waals surface area contributed by atoms with Crippen LogP contribution in [0.15, 0.2) is 53.9 Å². The smallest absolute Gasteiger partial charge is 0.241 e. The number of carbonyl (C=O) groups is 1. The summed E-state index contributed by atoms with van der Waals surface area (Å²) < 4.78 is 7.25. The van der Waals surface area contributed by atoms with Crippen molar-refractivity contribution in [3.63, 3.8) is 0 Å². The number of carbonyl (C=O) groups excluding carboxylic acids is 1. The average molecular weight is 352 g/mol. The minimum Gasteiger partial charge on any atom is -0.504 e. The zero-order chi connectivity index (χ0) is 18.4. The Kier molecular flexibility index (Phi) is 5.48. The molecule has 0 saturated carbocycles. The summed E-state index contributed by atoms with van der Waals surface area (Å²) in [5.74, 6) is 0.262. The highest BCUT2D eigenvalue weighted by Gasteiger charge is 2.05. The second-order valence-electron chi connectivity index (χ2n) is 5.63. The van der Waals surface area contributed by atoms with E-state index >= 15 is 0 Å². The Morgan fingerprint density at radius 3 is 3.04 bits per heavy atom. The molecule has 7 nitrogen and oxygen atoms in total. The highest BCUT2D eigenvalue weighted by molar-refractivity contribution is 5.83. The SMILES string of the molecule is CCOc1cc(/C=N\NC(=O)CCn2cnc3ccccc32)ccc1O. The maximum Gasteiger partial charge on any atom is 0.241 e. The van der Waals surface area contributed by atoms with E-state index in [9.17, 15) is 9.90 Å². The molecule has 2 N–H and O–H groups in total. The standard InChI is InChI=1S/C19H20N4O3/c1-2-26-18-11-14(7-8-17(18)24)12-21-22-19(25)9-10-23-13-20-15-5-3-4-6-16(15)23/h3-8,11-13,24H,2,9-10H2,1H3,(H,22,25)/b21-12-. The molecule has 0 radical (unpaired) electrons. The molecule has 3 rings (SSSR count). The van der Waals surface area contributed by atoms with Crippen molar-refractivity contribution in [1.29, 1.82) is 0 Å². The lowest BCUT2D eigenvalue weighted by molar-refractivity contribution is -0.121. The van der Waals surface area contributed by atoms with Crippen molar-refractivity contribution >= 4 is 23.2 Å². The van der Waals surface area contributed by atoms with Gasteiger partial charge < -0.3 is 14.4 Å². The maximum atomic E-state index is 12.0. The predicted molar refractivity (Wildman–Crippen MR) is 99.4 cm³/mol. The summed E-state index contributed by atoms with van der Waals surface area (Å²) in [6.45, 7) is 2.81. The molecule has 7 heteroatoms. The second-order valence-corrected chi connectivity index (χ2v) is 5.63. The normalized spacial score (nSPS) is 11.1. The predicted octanol–water partition coefficient (Wildman–Crippen LogP) is 2.68. The minimum atomic E-state index is -0.192. The number of phenolic OH excluding ortho intramolecular Hbond substituents is 1. The zero-order valence-electron chi connectivity index (χ0n) is 14.4. The highest BCUT2D eigenvalue weighted by atomic mass is 16.5. The van der Waals surface area contributed by atoms with Gasteiger partial charge in [0.1, 0.15) is 0 Å². The van der Waals surface area contributed by atoms with Crippen molar-refractivity contribution in [3.05, 3.63) is 54.4 Å². The molecule has 26 heavy (non-hydrogen) atoms. The van der Waals surface area contributed by atoms with Crippen molar-refractivity contribution < 1.29 is 14.6 Å². The number of hydrogen-bond acceptors (Lipinski definition) is 5. The number of rotatable bonds is 7. The van der Waals surface area contributed by atoms with Crippen molar-refractivity contribution in [1.82, 2.24) is 15.0 Å². The fourth-order valence-corrected chi connectivity index (χ4v) is 2.53. The Bertz CT molecular complexity index is 933. The molecule has 0 spiro atoms. The fourth-order valence-electron chi connectivity index (χ4n) is 2.53. The monoisotopic (exact) mass is 352 g/mol. The van der Waals surface area contributed by atoms with E-state index < -0.39 is 0 Å². The van der Waals surface area contributed by atoms with E-state index in [4.69, 9.17) is 4.74 Å². The largest absolute Gasteiger partial charge is 0.504 e. The van der Waals surface area contributed by atoms with Crippen LogP contribution in [0.25, 0.3) is 11.0 Å². The molecule has 1 amide bonds. The van der Waals surface area contributed by atoms with Gasteiger partial charge >= 0.3 is 0 Å². The summed E-state index contributed by atoms with van der Waals surface area (Å²) in [4.78, 5) is 16.3. The van der Waals surface area contributed by atoms with Crippen LogP contribution in [0.5, 0.6) is 11.5 Å². The van der Waals surface area contributed by atoms with Gasteiger partial charge in [0.05, 0.1) is 30.2 Å². The summed E-state index contributed by atoms with van der Waals surface area (Å²) in [5, 5.41) is 13.6. The van der Waals surface area contributed by atoms with Crippen LogP contribution < -0.4 is 10.2 Å². The molecule has 2 aromatic carbocycles. The molecular weight excluding hydrogens is 332 g/mol. The molecule has 1 aromatic heterocycles. The van der Waals surface area contributed by atoms with Gasteiger partial charge in [-0.15, -0.1) is 0 Å². The number of amides is 1. The van der Waals surface area contributed by atoms with Gasteiger partial charge in [-0.1, -0.05) is 12.1 Å². The molecule has 0 bridgehead atoms. The molecule has 0 atom stereocenters. The van der Waals surface area contributed by atoms with Gasteiger partial charge in [0.25, 0.3) is 0 Å². The number of phenols is 1. The first kappa shape index (κ1) is 17.5. The van der Waals surface area contributed by atoms with E-state index in [-0.39, 0.29) is 18.1 Å². The van der Waals surface area contributed by atoms with Crippen LogP contribution >= 0.6 is 0 Å². The number of hydrogen-bond donors (Lipinski definition) is 2. The van der Waals surface area contributed by atoms with Crippen LogP contribution in [0.3, 0.4) is 0 Å². The quantitative estimate of drug-likeness (QED) is 0.505. The third-order valence-electron chi connectivity index (χ3n) is 3.79. The Balaban J connectivity index is 1.54. The fraction of sp³-hybridized carbons (Fsp3) is 0.211. The Morgan fingerprint density at radius 2 is 2.19 bits per heavy atom. The van der Waals surface area contributed by atoms with Gasteiger partial charge in [0.2, 0.25) is 5.91 Å². The number of aromatic nitrogens is 2. The summed E-state index contributed by atoms with van der Waals surface area (Å²) in [6.07, 6.45) is 3.52. The highest BCUT2D eigenvalue weighted by Crippen LogP contribution is 2.26. The van der Waals surface area contributed by atoms with E-state index in [2.05, 4.69) is 15.5 Å². The number of hydrazone groups is 1. The van der Waals surface area contributed by atoms with Gasteiger partial charge in [-0.3, -0.25) is 4.79 Å². The zero-order valence-corrected chi connectivity index (χ0v) is 14.4. The van der Waals surface area contributed by atoms with E-state index in [0.29, 0.717) is 24.5 Å². The summed E-state index contributed by atoms with van der Waals surface area (Å²) in [5.41, 5.74) is 5.12. The van der Waals surface area contributed by atoms with Crippen molar-refractivity contribution in [2.24, 2.45) is 5.10 Å². The molecule has 0 saturated heterocycles. The first-order valence-corrected chi connectivity index (χ1v) is 8.35. The second kappa shape index (κ2) is 8.15. The van der Waals surface area contributed by atoms with E-state index in [1.807, 2.05) is 35.8 Å². The molecular formula is C19H20N4O3. The van der Waals surface area contributed by atoms with Gasteiger partial charge in [0.15, 0.2) is 11.5 Å².